The molecule has 1 amide bonds. The lowest BCUT2D eigenvalue weighted by Crippen LogP contribution is -2.30. The summed E-state index contributed by atoms with van der Waals surface area (Å²) in [6.45, 7) is 3.94. The molecule has 0 unspecified atom stereocenters. The summed E-state index contributed by atoms with van der Waals surface area (Å²) in [7, 11) is 0. The zero-order valence-electron chi connectivity index (χ0n) is 15.9. The molecule has 6 heteroatoms. The van der Waals surface area contributed by atoms with E-state index >= 15 is 0 Å². The fourth-order valence-electron chi connectivity index (χ4n) is 4.62. The van der Waals surface area contributed by atoms with Gasteiger partial charge in [0.25, 0.3) is 0 Å². The van der Waals surface area contributed by atoms with Crippen LogP contribution in [0.2, 0.25) is 0 Å². The summed E-state index contributed by atoms with van der Waals surface area (Å²) in [6, 6.07) is 6.45. The predicted octanol–water partition coefficient (Wildman–Crippen LogP) is 4.43. The Kier molecular flexibility index (Phi) is 4.09. The van der Waals surface area contributed by atoms with E-state index in [4.69, 9.17) is 4.74 Å². The van der Waals surface area contributed by atoms with Crippen LogP contribution < -0.4 is 0 Å². The number of ether oxygens (including phenoxy) is 1. The van der Waals surface area contributed by atoms with E-state index in [9.17, 15) is 9.90 Å². The average Bonchev–Trinajstić information content (AvgIpc) is 3.34. The first-order valence-corrected chi connectivity index (χ1v) is 9.79. The van der Waals surface area contributed by atoms with Crippen LogP contribution in [-0.4, -0.2) is 39.2 Å². The van der Waals surface area contributed by atoms with Crippen LogP contribution in [0.25, 0.3) is 22.2 Å². The summed E-state index contributed by atoms with van der Waals surface area (Å²) >= 11 is 0. The molecule has 5 rings (SSSR count). The Morgan fingerprint density at radius 2 is 2.21 bits per heavy atom. The van der Waals surface area contributed by atoms with Gasteiger partial charge in [-0.1, -0.05) is 0 Å². The highest BCUT2D eigenvalue weighted by Gasteiger charge is 2.32. The highest BCUT2D eigenvalue weighted by atomic mass is 16.5. The van der Waals surface area contributed by atoms with Crippen molar-refractivity contribution in [3.63, 3.8) is 0 Å². The Hall–Kier alpha value is -2.86. The van der Waals surface area contributed by atoms with Gasteiger partial charge >= 0.3 is 6.09 Å². The van der Waals surface area contributed by atoms with Crippen molar-refractivity contribution < 1.29 is 14.6 Å². The van der Waals surface area contributed by atoms with Gasteiger partial charge < -0.3 is 19.7 Å². The van der Waals surface area contributed by atoms with E-state index in [0.29, 0.717) is 19.8 Å². The number of fused-ring (bicyclic) bond motifs is 2. The summed E-state index contributed by atoms with van der Waals surface area (Å²) in [5, 5.41) is 10.8. The molecule has 0 radical (unpaired) electrons. The van der Waals surface area contributed by atoms with E-state index in [1.807, 2.05) is 12.4 Å². The highest BCUT2D eigenvalue weighted by molar-refractivity contribution is 5.84. The van der Waals surface area contributed by atoms with E-state index in [2.05, 4.69) is 35.1 Å². The minimum Gasteiger partial charge on any atom is -0.465 e. The smallest absolute Gasteiger partial charge is 0.407 e. The predicted molar refractivity (Wildman–Crippen MR) is 106 cm³/mol. The lowest BCUT2D eigenvalue weighted by atomic mass is 9.88. The van der Waals surface area contributed by atoms with Crippen LogP contribution >= 0.6 is 0 Å². The van der Waals surface area contributed by atoms with Crippen molar-refractivity contribution in [2.75, 3.05) is 13.2 Å². The number of nitrogens with zero attached hydrogens (tertiary/aromatic N) is 2. The molecule has 0 saturated carbocycles. The molecule has 2 aromatic heterocycles. The SMILES string of the molecule is Cc1c[nH]c2ncc(-c3cc4c(c([C@@H]5CCCN5C(=O)O)c3)CCOC4)cc12. The van der Waals surface area contributed by atoms with Gasteiger partial charge in [0.05, 0.1) is 19.3 Å². The number of nitrogens with one attached hydrogen (secondary N) is 1. The third kappa shape index (κ3) is 2.76. The Bertz CT molecular complexity index is 1070. The summed E-state index contributed by atoms with van der Waals surface area (Å²) in [5.74, 6) is 0. The van der Waals surface area contributed by atoms with Gasteiger partial charge in [-0.15, -0.1) is 0 Å². The summed E-state index contributed by atoms with van der Waals surface area (Å²) in [4.78, 5) is 21.1. The topological polar surface area (TPSA) is 78.5 Å². The van der Waals surface area contributed by atoms with Gasteiger partial charge in [-0.3, -0.25) is 0 Å². The minimum absolute atomic E-state index is 0.0741. The summed E-state index contributed by atoms with van der Waals surface area (Å²) in [6.07, 6.45) is 5.64. The average molecular weight is 377 g/mol. The largest absolute Gasteiger partial charge is 0.465 e. The number of H-pyrrole nitrogens is 1. The molecular formula is C22H23N3O3. The number of hydrogen-bond donors (Lipinski definition) is 2. The fraction of sp³-hybridized carbons (Fsp3) is 0.364. The van der Waals surface area contributed by atoms with E-state index in [1.165, 1.54) is 16.7 Å². The number of hydrogen-bond acceptors (Lipinski definition) is 3. The minimum atomic E-state index is -0.834. The number of pyridine rings is 1. The fourth-order valence-corrected chi connectivity index (χ4v) is 4.62. The highest BCUT2D eigenvalue weighted by Crippen LogP contribution is 2.39. The van der Waals surface area contributed by atoms with Crippen LogP contribution in [0.1, 0.15) is 41.1 Å². The number of aromatic amines is 1. The van der Waals surface area contributed by atoms with Crippen LogP contribution in [0.4, 0.5) is 4.79 Å². The van der Waals surface area contributed by atoms with Gasteiger partial charge in [0.1, 0.15) is 5.65 Å². The maximum absolute atomic E-state index is 11.8. The molecule has 3 aromatic rings. The Labute approximate surface area is 163 Å². The Morgan fingerprint density at radius 1 is 1.32 bits per heavy atom. The van der Waals surface area contributed by atoms with Gasteiger partial charge in [-0.25, -0.2) is 9.78 Å². The monoisotopic (exact) mass is 377 g/mol. The van der Waals surface area contributed by atoms with Gasteiger partial charge in [-0.05, 0) is 72.2 Å². The third-order valence-electron chi connectivity index (χ3n) is 6.06. The molecule has 2 aliphatic rings. The molecule has 1 atom stereocenters. The van der Waals surface area contributed by atoms with Crippen molar-refractivity contribution in [2.45, 2.75) is 38.8 Å². The van der Waals surface area contributed by atoms with Crippen LogP contribution in [0, 0.1) is 6.92 Å². The molecule has 28 heavy (non-hydrogen) atoms. The summed E-state index contributed by atoms with van der Waals surface area (Å²) in [5.41, 5.74) is 7.74. The van der Waals surface area contributed by atoms with Crippen molar-refractivity contribution in [3.8, 4) is 11.1 Å². The number of likely N-dealkylation sites (tertiary alicyclic amines) is 1. The molecule has 0 spiro atoms. The zero-order valence-corrected chi connectivity index (χ0v) is 15.9. The van der Waals surface area contributed by atoms with E-state index in [1.54, 1.807) is 4.90 Å². The number of carboxylic acid groups (broad SMARTS) is 1. The van der Waals surface area contributed by atoms with Crippen molar-refractivity contribution >= 4 is 17.1 Å². The molecule has 0 bridgehead atoms. The number of amides is 1. The van der Waals surface area contributed by atoms with Crippen molar-refractivity contribution in [2.24, 2.45) is 0 Å². The molecule has 1 fully saturated rings. The molecule has 2 aliphatic heterocycles. The second kappa shape index (κ2) is 6.63. The summed E-state index contributed by atoms with van der Waals surface area (Å²) < 4.78 is 5.71. The number of carbonyl (C=O) groups is 1. The second-order valence-corrected chi connectivity index (χ2v) is 7.73. The molecule has 6 nitrogen and oxygen atoms in total. The Morgan fingerprint density at radius 3 is 3.07 bits per heavy atom. The van der Waals surface area contributed by atoms with E-state index in [-0.39, 0.29) is 6.04 Å². The van der Waals surface area contributed by atoms with Crippen LogP contribution in [0.3, 0.4) is 0 Å². The number of aryl methyl sites for hydroxylation is 1. The number of benzene rings is 1. The first kappa shape index (κ1) is 17.3. The van der Waals surface area contributed by atoms with Crippen molar-refractivity contribution in [1.82, 2.24) is 14.9 Å². The molecule has 144 valence electrons. The van der Waals surface area contributed by atoms with Gasteiger partial charge in [0, 0.05) is 29.9 Å². The third-order valence-corrected chi connectivity index (χ3v) is 6.06. The quantitative estimate of drug-likeness (QED) is 0.693. The van der Waals surface area contributed by atoms with Gasteiger partial charge in [0.2, 0.25) is 0 Å². The Balaban J connectivity index is 1.66. The van der Waals surface area contributed by atoms with E-state index in [0.717, 1.165) is 47.0 Å². The van der Waals surface area contributed by atoms with Gasteiger partial charge in [-0.2, -0.15) is 0 Å². The standard InChI is InChI=1S/C22H23N3O3/c1-13-10-23-21-18(13)9-15(11-24-21)14-7-16-12-28-6-4-17(16)19(8-14)20-3-2-5-25(20)22(26)27/h7-11,20H,2-6,12H2,1H3,(H,23,24)(H,26,27)/t20-/m0/s1. The first-order valence-electron chi connectivity index (χ1n) is 9.79. The van der Waals surface area contributed by atoms with Crippen LogP contribution in [-0.2, 0) is 17.8 Å². The molecule has 1 aromatic carbocycles. The molecule has 4 heterocycles. The van der Waals surface area contributed by atoms with Crippen molar-refractivity contribution in [1.29, 1.82) is 0 Å². The van der Waals surface area contributed by atoms with E-state index < -0.39 is 6.09 Å². The lowest BCUT2D eigenvalue weighted by Gasteiger charge is -2.28. The molecule has 1 saturated heterocycles. The normalized spacial score (nSPS) is 19.2. The molecule has 0 aliphatic carbocycles. The molecular weight excluding hydrogens is 354 g/mol. The van der Waals surface area contributed by atoms with Crippen LogP contribution in [0.5, 0.6) is 0 Å². The van der Waals surface area contributed by atoms with Crippen LogP contribution in [0.15, 0.2) is 30.6 Å². The van der Waals surface area contributed by atoms with Gasteiger partial charge in [0.15, 0.2) is 0 Å². The zero-order chi connectivity index (χ0) is 19.3. The number of rotatable bonds is 2. The van der Waals surface area contributed by atoms with Crippen molar-refractivity contribution in [3.05, 3.63) is 52.8 Å². The lowest BCUT2D eigenvalue weighted by molar-refractivity contribution is 0.109. The number of aromatic nitrogens is 2. The second-order valence-electron chi connectivity index (χ2n) is 7.73. The first-order chi connectivity index (χ1) is 13.6. The maximum Gasteiger partial charge on any atom is 0.407 e. The molecule has 2 N–H and O–H groups in total. The maximum atomic E-state index is 11.8.